The van der Waals surface area contributed by atoms with Gasteiger partial charge in [-0.1, -0.05) is 6.92 Å². The Morgan fingerprint density at radius 3 is 2.40 bits per heavy atom. The highest BCUT2D eigenvalue weighted by Crippen LogP contribution is 2.29. The molecule has 4 nitrogen and oxygen atoms in total. The van der Waals surface area contributed by atoms with E-state index in [9.17, 15) is 13.2 Å². The Bertz CT molecular complexity index is 715. The van der Waals surface area contributed by atoms with Gasteiger partial charge in [-0.05, 0) is 49.7 Å². The lowest BCUT2D eigenvalue weighted by molar-refractivity contribution is -0.142. The second-order valence-electron chi connectivity index (χ2n) is 5.38. The van der Waals surface area contributed by atoms with Gasteiger partial charge in [0.2, 0.25) is 0 Å². The van der Waals surface area contributed by atoms with Crippen LogP contribution >= 0.6 is 12.6 Å². The Labute approximate surface area is 151 Å². The molecule has 0 radical (unpaired) electrons. The first kappa shape index (κ1) is 21.1. The highest BCUT2D eigenvalue weighted by molar-refractivity contribution is 7.80. The molecule has 0 aliphatic rings. The summed E-state index contributed by atoms with van der Waals surface area (Å²) in [5, 5.41) is 2.29. The van der Waals surface area contributed by atoms with Gasteiger partial charge in [0.1, 0.15) is 5.69 Å². The molecule has 2 heterocycles. The molecule has 2 aromatic heterocycles. The summed E-state index contributed by atoms with van der Waals surface area (Å²) in [5.74, 6) is 0. The van der Waals surface area contributed by atoms with Gasteiger partial charge in [-0.25, -0.2) is 0 Å². The number of halogens is 3. The number of thiol groups is 1. The topological polar surface area (TPSA) is 59.6 Å². The Morgan fingerprint density at radius 2 is 1.92 bits per heavy atom. The number of nitrogens with zero attached hydrogens (tertiary/aromatic N) is 2. The standard InChI is InChI=1S/C14H14F3N3S.C3H9N/c1-9-7-13(14(15,16)17)19-20(2)6-5-11(9)12-4-3-10(21)8-18-12;1-2-3-4/h3-8,19,21H,1-2H3;2-4H2,1H3. The molecule has 0 amide bonds. The maximum absolute atomic E-state index is 13.0. The summed E-state index contributed by atoms with van der Waals surface area (Å²) in [6.45, 7) is 4.49. The number of hydrogen-bond donors (Lipinski definition) is 3. The fraction of sp³-hybridized carbons (Fsp3) is 0.353. The predicted molar refractivity (Wildman–Crippen MR) is 97.0 cm³/mol. The van der Waals surface area contributed by atoms with Crippen LogP contribution in [0.5, 0.6) is 0 Å². The van der Waals surface area contributed by atoms with Crippen LogP contribution in [-0.2, 0) is 13.2 Å². The molecule has 0 spiro atoms. The minimum absolute atomic E-state index is 0.471. The van der Waals surface area contributed by atoms with Crippen molar-refractivity contribution in [2.45, 2.75) is 31.3 Å². The molecule has 0 aliphatic carbocycles. The quantitative estimate of drug-likeness (QED) is 0.679. The van der Waals surface area contributed by atoms with E-state index in [0.29, 0.717) is 21.7 Å². The Morgan fingerprint density at radius 1 is 1.28 bits per heavy atom. The van der Waals surface area contributed by atoms with Gasteiger partial charge >= 0.3 is 6.18 Å². The molecule has 0 aromatic carbocycles. The lowest BCUT2D eigenvalue weighted by Crippen LogP contribution is -2.11. The minimum atomic E-state index is -4.45. The number of hydrogen-bond acceptors (Lipinski definition) is 3. The van der Waals surface area contributed by atoms with Gasteiger partial charge in [0.05, 0.1) is 5.69 Å². The average molecular weight is 372 g/mol. The van der Waals surface area contributed by atoms with Crippen molar-refractivity contribution in [1.29, 1.82) is 0 Å². The van der Waals surface area contributed by atoms with Gasteiger partial charge in [0, 0.05) is 29.9 Å². The van der Waals surface area contributed by atoms with Crippen LogP contribution in [-0.4, -0.2) is 21.3 Å². The summed E-state index contributed by atoms with van der Waals surface area (Å²) in [7, 11) is 1.50. The summed E-state index contributed by atoms with van der Waals surface area (Å²) < 4.78 is 40.1. The molecule has 0 fully saturated rings. The van der Waals surface area contributed by atoms with Gasteiger partial charge in [-0.3, -0.25) is 14.8 Å². The van der Waals surface area contributed by atoms with E-state index < -0.39 is 11.9 Å². The van der Waals surface area contributed by atoms with Crippen LogP contribution in [0.1, 0.15) is 24.6 Å². The zero-order chi connectivity index (χ0) is 19.0. The van der Waals surface area contributed by atoms with E-state index in [1.807, 2.05) is 0 Å². The zero-order valence-electron chi connectivity index (χ0n) is 14.4. The summed E-state index contributed by atoms with van der Waals surface area (Å²) >= 11 is 4.15. The lowest BCUT2D eigenvalue weighted by Gasteiger charge is -2.10. The molecular formula is C17H23F3N4S. The van der Waals surface area contributed by atoms with Crippen LogP contribution in [0.15, 0.2) is 41.6 Å². The third-order valence-corrected chi connectivity index (χ3v) is 3.43. The average Bonchev–Trinajstić information content (AvgIpc) is 2.54. The van der Waals surface area contributed by atoms with E-state index in [1.165, 1.54) is 17.9 Å². The van der Waals surface area contributed by atoms with Crippen LogP contribution < -0.4 is 5.73 Å². The molecule has 0 saturated heterocycles. The van der Waals surface area contributed by atoms with Crippen LogP contribution in [0, 0.1) is 6.92 Å². The van der Waals surface area contributed by atoms with E-state index in [4.69, 9.17) is 5.73 Å². The molecule has 0 aliphatic heterocycles. The fourth-order valence-electron chi connectivity index (χ4n) is 1.85. The summed E-state index contributed by atoms with van der Waals surface area (Å²) in [4.78, 5) is 4.89. The zero-order valence-corrected chi connectivity index (χ0v) is 15.3. The highest BCUT2D eigenvalue weighted by atomic mass is 32.1. The second-order valence-corrected chi connectivity index (χ2v) is 5.90. The van der Waals surface area contributed by atoms with Gasteiger partial charge in [-0.2, -0.15) is 13.2 Å². The molecule has 2 rings (SSSR count). The molecule has 138 valence electrons. The van der Waals surface area contributed by atoms with Crippen LogP contribution in [0.4, 0.5) is 13.2 Å². The van der Waals surface area contributed by atoms with E-state index in [-0.39, 0.29) is 0 Å². The highest BCUT2D eigenvalue weighted by Gasteiger charge is 2.31. The molecule has 0 unspecified atom stereocenters. The minimum Gasteiger partial charge on any atom is -0.330 e. The number of rotatable bonds is 2. The fourth-order valence-corrected chi connectivity index (χ4v) is 1.98. The summed E-state index contributed by atoms with van der Waals surface area (Å²) in [5.41, 5.74) is 5.89. The molecular weight excluding hydrogens is 349 g/mol. The summed E-state index contributed by atoms with van der Waals surface area (Å²) in [6.07, 6.45) is -0.274. The molecule has 0 saturated carbocycles. The van der Waals surface area contributed by atoms with Crippen molar-refractivity contribution in [2.75, 3.05) is 6.54 Å². The maximum Gasteiger partial charge on any atom is 0.432 e. The number of pyridine rings is 1. The van der Waals surface area contributed by atoms with Gasteiger partial charge < -0.3 is 5.73 Å². The predicted octanol–water partition coefficient (Wildman–Crippen LogP) is 4.51. The van der Waals surface area contributed by atoms with Crippen LogP contribution in [0.25, 0.3) is 11.3 Å². The normalized spacial score (nSPS) is 10.7. The third kappa shape index (κ3) is 6.83. The lowest BCUT2D eigenvalue weighted by atomic mass is 10.1. The van der Waals surface area contributed by atoms with Gasteiger partial charge in [0.25, 0.3) is 0 Å². The second kappa shape index (κ2) is 9.53. The monoisotopic (exact) mass is 372 g/mol. The van der Waals surface area contributed by atoms with Crippen molar-refractivity contribution in [3.63, 3.8) is 0 Å². The van der Waals surface area contributed by atoms with Crippen molar-refractivity contribution in [2.24, 2.45) is 12.8 Å². The van der Waals surface area contributed by atoms with Crippen molar-refractivity contribution in [3.05, 3.63) is 47.9 Å². The first-order valence-corrected chi connectivity index (χ1v) is 8.16. The van der Waals surface area contributed by atoms with Crippen molar-refractivity contribution >= 4 is 12.6 Å². The molecule has 25 heavy (non-hydrogen) atoms. The van der Waals surface area contributed by atoms with Crippen LogP contribution in [0.2, 0.25) is 0 Å². The number of aromatic nitrogens is 3. The number of alkyl halides is 3. The van der Waals surface area contributed by atoms with E-state index in [0.717, 1.165) is 19.0 Å². The number of H-pyrrole nitrogens is 1. The maximum atomic E-state index is 13.0. The van der Waals surface area contributed by atoms with E-state index in [1.54, 1.807) is 31.3 Å². The van der Waals surface area contributed by atoms with Gasteiger partial charge in [0.15, 0.2) is 0 Å². The van der Waals surface area contributed by atoms with Gasteiger partial charge in [-0.15, -0.1) is 12.6 Å². The Hall–Kier alpha value is -1.93. The first-order valence-electron chi connectivity index (χ1n) is 7.72. The van der Waals surface area contributed by atoms with Crippen LogP contribution in [0.3, 0.4) is 0 Å². The summed E-state index contributed by atoms with van der Waals surface area (Å²) in [6, 6.07) is 6.26. The van der Waals surface area contributed by atoms with Crippen molar-refractivity contribution < 1.29 is 13.2 Å². The largest absolute Gasteiger partial charge is 0.432 e. The van der Waals surface area contributed by atoms with Crippen molar-refractivity contribution in [1.82, 2.24) is 14.8 Å². The number of aromatic amines is 1. The Balaban J connectivity index is 0.000000705. The van der Waals surface area contributed by atoms with E-state index >= 15 is 0 Å². The molecule has 2 aromatic rings. The molecule has 3 N–H and O–H groups in total. The Kier molecular flexibility index (Phi) is 8.05. The first-order chi connectivity index (χ1) is 11.7. The number of aryl methyl sites for hydroxylation is 2. The molecule has 0 atom stereocenters. The SMILES string of the molecule is CCCN.Cc1cc(C(F)(F)F)[nH]n(C)ccc1-c1ccc(S)cn1. The third-order valence-electron chi connectivity index (χ3n) is 3.17. The molecule has 8 heteroatoms. The van der Waals surface area contributed by atoms with E-state index in [2.05, 4.69) is 29.6 Å². The number of nitrogens with two attached hydrogens (primary N) is 1. The molecule has 0 bridgehead atoms. The van der Waals surface area contributed by atoms with Crippen molar-refractivity contribution in [3.8, 4) is 11.3 Å². The smallest absolute Gasteiger partial charge is 0.330 e. The number of nitrogens with one attached hydrogen (secondary N) is 1.